The monoisotopic (exact) mass is 338 g/mol. The lowest BCUT2D eigenvalue weighted by Crippen LogP contribution is -2.49. The fraction of sp³-hybridized carbons (Fsp3) is 0.381. The second kappa shape index (κ2) is 7.28. The Morgan fingerprint density at radius 3 is 2.48 bits per heavy atom. The van der Waals surface area contributed by atoms with Crippen LogP contribution >= 0.6 is 0 Å². The molecule has 0 saturated carbocycles. The molecule has 4 heteroatoms. The van der Waals surface area contributed by atoms with Gasteiger partial charge in [0.2, 0.25) is 0 Å². The normalized spacial score (nSPS) is 18.0. The number of piperazine rings is 1. The largest absolute Gasteiger partial charge is 0.444 e. The van der Waals surface area contributed by atoms with Crippen molar-refractivity contribution in [2.45, 2.75) is 32.4 Å². The van der Waals surface area contributed by atoms with Crippen molar-refractivity contribution in [1.29, 1.82) is 0 Å². The van der Waals surface area contributed by atoms with Crippen molar-refractivity contribution in [3.05, 3.63) is 60.2 Å². The summed E-state index contributed by atoms with van der Waals surface area (Å²) in [6.45, 7) is 7.73. The summed E-state index contributed by atoms with van der Waals surface area (Å²) in [5.41, 5.74) is 3.13. The lowest BCUT2D eigenvalue weighted by atomic mass is 9.94. The van der Waals surface area contributed by atoms with Crippen LogP contribution in [0, 0.1) is 0 Å². The molecule has 1 fully saturated rings. The van der Waals surface area contributed by atoms with Crippen LogP contribution in [0.5, 0.6) is 0 Å². The summed E-state index contributed by atoms with van der Waals surface area (Å²) in [5, 5.41) is 3.54. The van der Waals surface area contributed by atoms with E-state index in [2.05, 4.69) is 41.7 Å². The molecule has 3 rings (SSSR count). The van der Waals surface area contributed by atoms with Crippen molar-refractivity contribution in [2.24, 2.45) is 0 Å². The van der Waals surface area contributed by atoms with Crippen molar-refractivity contribution < 1.29 is 9.53 Å². The maximum absolute atomic E-state index is 12.4. The lowest BCUT2D eigenvalue weighted by Gasteiger charge is -2.35. The number of carbonyl (C=O) groups excluding carboxylic acids is 1. The number of hydrogen-bond acceptors (Lipinski definition) is 3. The molecule has 1 saturated heterocycles. The quantitative estimate of drug-likeness (QED) is 0.891. The third kappa shape index (κ3) is 4.40. The number of amides is 1. The van der Waals surface area contributed by atoms with Crippen molar-refractivity contribution in [1.82, 2.24) is 10.2 Å². The van der Waals surface area contributed by atoms with E-state index in [1.807, 2.05) is 39.0 Å². The minimum absolute atomic E-state index is 0.0951. The topological polar surface area (TPSA) is 41.6 Å². The highest BCUT2D eigenvalue weighted by molar-refractivity contribution is 5.70. The summed E-state index contributed by atoms with van der Waals surface area (Å²) in [6.07, 6.45) is -0.240. The number of nitrogens with zero attached hydrogens (tertiary/aromatic N) is 1. The first-order valence-electron chi connectivity index (χ1n) is 8.80. The van der Waals surface area contributed by atoms with Gasteiger partial charge in [0.1, 0.15) is 5.60 Å². The van der Waals surface area contributed by atoms with E-state index in [1.54, 1.807) is 4.90 Å². The van der Waals surface area contributed by atoms with E-state index < -0.39 is 5.60 Å². The van der Waals surface area contributed by atoms with E-state index in [-0.39, 0.29) is 12.1 Å². The maximum atomic E-state index is 12.4. The molecule has 25 heavy (non-hydrogen) atoms. The first kappa shape index (κ1) is 17.5. The van der Waals surface area contributed by atoms with Gasteiger partial charge >= 0.3 is 6.09 Å². The Morgan fingerprint density at radius 2 is 1.76 bits per heavy atom. The minimum atomic E-state index is -0.473. The SMILES string of the molecule is CC(C)(C)OC(=O)N1CCN[C@H](c2ccccc2-c2ccccc2)C1. The predicted octanol–water partition coefficient (Wildman–Crippen LogP) is 4.24. The van der Waals surface area contributed by atoms with Crippen molar-refractivity contribution in [2.75, 3.05) is 19.6 Å². The Bertz CT molecular complexity index is 722. The minimum Gasteiger partial charge on any atom is -0.444 e. The van der Waals surface area contributed by atoms with Gasteiger partial charge in [-0.3, -0.25) is 0 Å². The summed E-state index contributed by atoms with van der Waals surface area (Å²) >= 11 is 0. The van der Waals surface area contributed by atoms with Gasteiger partial charge in [-0.1, -0.05) is 54.6 Å². The smallest absolute Gasteiger partial charge is 0.410 e. The Kier molecular flexibility index (Phi) is 5.09. The van der Waals surface area contributed by atoms with Crippen LogP contribution in [0.2, 0.25) is 0 Å². The van der Waals surface area contributed by atoms with Crippen LogP contribution in [0.15, 0.2) is 54.6 Å². The van der Waals surface area contributed by atoms with Gasteiger partial charge in [0, 0.05) is 19.6 Å². The van der Waals surface area contributed by atoms with Gasteiger partial charge in [0.15, 0.2) is 0 Å². The number of carbonyl (C=O) groups is 1. The van der Waals surface area contributed by atoms with Crippen molar-refractivity contribution in [3.8, 4) is 11.1 Å². The molecule has 132 valence electrons. The molecule has 1 atom stereocenters. The highest BCUT2D eigenvalue weighted by Gasteiger charge is 2.29. The molecule has 1 aliphatic rings. The van der Waals surface area contributed by atoms with E-state index >= 15 is 0 Å². The molecule has 4 nitrogen and oxygen atoms in total. The van der Waals surface area contributed by atoms with Gasteiger partial charge in [0.05, 0.1) is 6.04 Å². The Labute approximate surface area is 149 Å². The molecule has 2 aromatic carbocycles. The van der Waals surface area contributed by atoms with Gasteiger partial charge < -0.3 is 15.0 Å². The van der Waals surface area contributed by atoms with E-state index in [4.69, 9.17) is 4.74 Å². The molecule has 0 spiro atoms. The number of benzene rings is 2. The van der Waals surface area contributed by atoms with E-state index in [0.29, 0.717) is 13.1 Å². The Hall–Kier alpha value is -2.33. The molecule has 0 aromatic heterocycles. The zero-order valence-corrected chi connectivity index (χ0v) is 15.2. The van der Waals surface area contributed by atoms with E-state index in [1.165, 1.54) is 16.7 Å². The van der Waals surface area contributed by atoms with Gasteiger partial charge in [-0.05, 0) is 37.5 Å². The van der Waals surface area contributed by atoms with Gasteiger partial charge in [-0.2, -0.15) is 0 Å². The average molecular weight is 338 g/mol. The molecule has 2 aromatic rings. The zero-order chi connectivity index (χ0) is 17.9. The van der Waals surface area contributed by atoms with Crippen molar-refractivity contribution in [3.63, 3.8) is 0 Å². The van der Waals surface area contributed by atoms with Crippen LogP contribution in [0.4, 0.5) is 4.79 Å². The van der Waals surface area contributed by atoms with Gasteiger partial charge in [-0.25, -0.2) is 4.79 Å². The first-order valence-corrected chi connectivity index (χ1v) is 8.80. The maximum Gasteiger partial charge on any atom is 0.410 e. The second-order valence-electron chi connectivity index (χ2n) is 7.39. The fourth-order valence-electron chi connectivity index (χ4n) is 3.13. The lowest BCUT2D eigenvalue weighted by molar-refractivity contribution is 0.0195. The van der Waals surface area contributed by atoms with Crippen LogP contribution in [0.3, 0.4) is 0 Å². The standard InChI is InChI=1S/C21H26N2O2/c1-21(2,3)25-20(24)23-14-13-22-19(15-23)18-12-8-7-11-17(18)16-9-5-4-6-10-16/h4-12,19,22H,13-15H2,1-3H3/t19-/m0/s1. The van der Waals surface area contributed by atoms with Crippen LogP contribution < -0.4 is 5.32 Å². The van der Waals surface area contributed by atoms with Crippen molar-refractivity contribution >= 4 is 6.09 Å². The second-order valence-corrected chi connectivity index (χ2v) is 7.39. The Morgan fingerprint density at radius 1 is 1.08 bits per heavy atom. The molecule has 0 bridgehead atoms. The van der Waals surface area contributed by atoms with Crippen LogP contribution in [-0.4, -0.2) is 36.2 Å². The molecular weight excluding hydrogens is 312 g/mol. The van der Waals surface area contributed by atoms with E-state index in [9.17, 15) is 4.79 Å². The summed E-state index contributed by atoms with van der Waals surface area (Å²) in [7, 11) is 0. The van der Waals surface area contributed by atoms with Crippen LogP contribution in [0.25, 0.3) is 11.1 Å². The molecule has 1 amide bonds. The number of ether oxygens (including phenoxy) is 1. The highest BCUT2D eigenvalue weighted by Crippen LogP contribution is 2.29. The molecule has 0 radical (unpaired) electrons. The fourth-order valence-corrected chi connectivity index (χ4v) is 3.13. The molecule has 0 aliphatic carbocycles. The molecular formula is C21H26N2O2. The summed E-state index contributed by atoms with van der Waals surface area (Å²) in [4.78, 5) is 14.2. The molecule has 0 unspecified atom stereocenters. The summed E-state index contributed by atoms with van der Waals surface area (Å²) in [5.74, 6) is 0. The molecule has 1 N–H and O–H groups in total. The Balaban J connectivity index is 1.82. The summed E-state index contributed by atoms with van der Waals surface area (Å²) < 4.78 is 5.54. The predicted molar refractivity (Wildman–Crippen MR) is 100 cm³/mol. The number of rotatable bonds is 2. The van der Waals surface area contributed by atoms with Gasteiger partial charge in [0.25, 0.3) is 0 Å². The van der Waals surface area contributed by atoms with Crippen LogP contribution in [0.1, 0.15) is 32.4 Å². The highest BCUT2D eigenvalue weighted by atomic mass is 16.6. The number of hydrogen-bond donors (Lipinski definition) is 1. The number of nitrogens with one attached hydrogen (secondary N) is 1. The molecule has 1 aliphatic heterocycles. The van der Waals surface area contributed by atoms with E-state index in [0.717, 1.165) is 6.54 Å². The summed E-state index contributed by atoms with van der Waals surface area (Å²) in [6, 6.07) is 18.8. The zero-order valence-electron chi connectivity index (χ0n) is 15.2. The third-order valence-electron chi connectivity index (χ3n) is 4.25. The van der Waals surface area contributed by atoms with Crippen LogP contribution in [-0.2, 0) is 4.74 Å². The third-order valence-corrected chi connectivity index (χ3v) is 4.25. The first-order chi connectivity index (χ1) is 11.9. The molecule has 1 heterocycles. The average Bonchev–Trinajstić information content (AvgIpc) is 2.61. The van der Waals surface area contributed by atoms with Gasteiger partial charge in [-0.15, -0.1) is 0 Å².